The van der Waals surface area contributed by atoms with Gasteiger partial charge in [0.1, 0.15) is 0 Å². The summed E-state index contributed by atoms with van der Waals surface area (Å²) in [5.74, 6) is 0.292. The molecule has 3 unspecified atom stereocenters. The van der Waals surface area contributed by atoms with E-state index in [4.69, 9.17) is 0 Å². The summed E-state index contributed by atoms with van der Waals surface area (Å²) >= 11 is 0. The van der Waals surface area contributed by atoms with Gasteiger partial charge < -0.3 is 10.4 Å². The van der Waals surface area contributed by atoms with E-state index in [0.717, 1.165) is 31.6 Å². The Hall–Kier alpha value is -1.39. The third-order valence-electron chi connectivity index (χ3n) is 4.87. The fourth-order valence-electron chi connectivity index (χ4n) is 3.02. The zero-order valence-electron chi connectivity index (χ0n) is 14.1. The van der Waals surface area contributed by atoms with E-state index < -0.39 is 0 Å². The molecule has 1 amide bonds. The van der Waals surface area contributed by atoms with Gasteiger partial charge >= 0.3 is 0 Å². The van der Waals surface area contributed by atoms with Gasteiger partial charge in [-0.15, -0.1) is 0 Å². The summed E-state index contributed by atoms with van der Waals surface area (Å²) in [7, 11) is 0. The number of nitrogens with one attached hydrogen (secondary N) is 1. The van der Waals surface area contributed by atoms with Gasteiger partial charge in [-0.1, -0.05) is 6.07 Å². The van der Waals surface area contributed by atoms with E-state index in [9.17, 15) is 9.90 Å². The Morgan fingerprint density at radius 3 is 2.68 bits per heavy atom. The first-order chi connectivity index (χ1) is 10.4. The third-order valence-corrected chi connectivity index (χ3v) is 4.87. The Balaban J connectivity index is 1.97. The number of aryl methyl sites for hydroxylation is 2. The quantitative estimate of drug-likeness (QED) is 0.899. The van der Waals surface area contributed by atoms with Crippen LogP contribution < -0.4 is 5.32 Å². The molecule has 1 fully saturated rings. The average molecular weight is 304 g/mol. The molecule has 4 heteroatoms. The number of carbonyl (C=O) groups is 1. The minimum absolute atomic E-state index is 0.0227. The number of piperidine rings is 1. The minimum Gasteiger partial charge on any atom is -0.393 e. The minimum atomic E-state index is -0.308. The summed E-state index contributed by atoms with van der Waals surface area (Å²) in [4.78, 5) is 14.6. The van der Waals surface area contributed by atoms with Crippen LogP contribution in [0.5, 0.6) is 0 Å². The standard InChI is InChI=1S/C18H28N2O2/c1-12-7-8-17(10-13(12)2)19-18(22)14(3)20-9-5-6-16(11-20)15(4)21/h7-8,10,14-16,21H,5-6,9,11H2,1-4H3,(H,19,22). The molecule has 0 aromatic heterocycles. The Morgan fingerprint density at radius 2 is 2.05 bits per heavy atom. The van der Waals surface area contributed by atoms with Gasteiger partial charge in [-0.25, -0.2) is 0 Å². The van der Waals surface area contributed by atoms with Crippen LogP contribution in [0.25, 0.3) is 0 Å². The zero-order chi connectivity index (χ0) is 16.3. The normalized spacial score (nSPS) is 22.1. The smallest absolute Gasteiger partial charge is 0.241 e. The summed E-state index contributed by atoms with van der Waals surface area (Å²) in [5, 5.41) is 12.8. The van der Waals surface area contributed by atoms with Crippen LogP contribution in [0.4, 0.5) is 5.69 Å². The largest absolute Gasteiger partial charge is 0.393 e. The van der Waals surface area contributed by atoms with Gasteiger partial charge in [0.2, 0.25) is 5.91 Å². The topological polar surface area (TPSA) is 52.6 Å². The predicted octanol–water partition coefficient (Wildman–Crippen LogP) is 2.72. The Morgan fingerprint density at radius 1 is 1.32 bits per heavy atom. The Kier molecular flexibility index (Phi) is 5.59. The first-order valence-corrected chi connectivity index (χ1v) is 8.18. The molecule has 0 saturated carbocycles. The van der Waals surface area contributed by atoms with Gasteiger partial charge in [0.05, 0.1) is 12.1 Å². The second kappa shape index (κ2) is 7.25. The molecule has 2 N–H and O–H groups in total. The molecule has 3 atom stereocenters. The molecule has 1 aliphatic heterocycles. The number of hydrogen-bond acceptors (Lipinski definition) is 3. The molecule has 2 rings (SSSR count). The van der Waals surface area contributed by atoms with Crippen LogP contribution in [0.3, 0.4) is 0 Å². The lowest BCUT2D eigenvalue weighted by atomic mass is 9.92. The summed E-state index contributed by atoms with van der Waals surface area (Å²) in [6.45, 7) is 9.61. The number of rotatable bonds is 4. The van der Waals surface area contributed by atoms with E-state index in [1.165, 1.54) is 11.1 Å². The maximum Gasteiger partial charge on any atom is 0.241 e. The van der Waals surface area contributed by atoms with Crippen molar-refractivity contribution in [3.63, 3.8) is 0 Å². The van der Waals surface area contributed by atoms with Crippen molar-refractivity contribution in [3.05, 3.63) is 29.3 Å². The zero-order valence-corrected chi connectivity index (χ0v) is 14.1. The molecule has 0 radical (unpaired) electrons. The molecule has 1 aliphatic rings. The first kappa shape index (κ1) is 17.0. The monoisotopic (exact) mass is 304 g/mol. The maximum atomic E-state index is 12.5. The molecule has 122 valence electrons. The number of amides is 1. The average Bonchev–Trinajstić information content (AvgIpc) is 2.50. The van der Waals surface area contributed by atoms with E-state index in [0.29, 0.717) is 0 Å². The van der Waals surface area contributed by atoms with Crippen LogP contribution >= 0.6 is 0 Å². The van der Waals surface area contributed by atoms with Gasteiger partial charge in [0.15, 0.2) is 0 Å². The lowest BCUT2D eigenvalue weighted by Crippen LogP contribution is -2.48. The molecule has 0 bridgehead atoms. The van der Waals surface area contributed by atoms with Gasteiger partial charge in [0.25, 0.3) is 0 Å². The van der Waals surface area contributed by atoms with Crippen molar-refractivity contribution >= 4 is 11.6 Å². The molecule has 1 aromatic carbocycles. The van der Waals surface area contributed by atoms with Gasteiger partial charge in [-0.2, -0.15) is 0 Å². The van der Waals surface area contributed by atoms with Crippen molar-refractivity contribution < 1.29 is 9.90 Å². The van der Waals surface area contributed by atoms with E-state index in [2.05, 4.69) is 17.1 Å². The molecule has 1 heterocycles. The number of benzene rings is 1. The molecular formula is C18H28N2O2. The highest BCUT2D eigenvalue weighted by Gasteiger charge is 2.29. The summed E-state index contributed by atoms with van der Waals surface area (Å²) in [6, 6.07) is 5.81. The van der Waals surface area contributed by atoms with Crippen LogP contribution in [0, 0.1) is 19.8 Å². The SMILES string of the molecule is Cc1ccc(NC(=O)C(C)N2CCCC(C(C)O)C2)cc1C. The summed E-state index contributed by atoms with van der Waals surface area (Å²) in [5.41, 5.74) is 3.25. The van der Waals surface area contributed by atoms with Gasteiger partial charge in [-0.05, 0) is 76.3 Å². The van der Waals surface area contributed by atoms with Crippen molar-refractivity contribution in [1.82, 2.24) is 4.90 Å². The fraction of sp³-hybridized carbons (Fsp3) is 0.611. The highest BCUT2D eigenvalue weighted by Crippen LogP contribution is 2.22. The maximum absolute atomic E-state index is 12.5. The number of aliphatic hydroxyl groups excluding tert-OH is 1. The predicted molar refractivity (Wildman–Crippen MR) is 90.0 cm³/mol. The van der Waals surface area contributed by atoms with Crippen molar-refractivity contribution in [2.75, 3.05) is 18.4 Å². The second-order valence-electron chi connectivity index (χ2n) is 6.60. The number of likely N-dealkylation sites (tertiary alicyclic amines) is 1. The second-order valence-corrected chi connectivity index (χ2v) is 6.60. The van der Waals surface area contributed by atoms with Crippen LogP contribution in [0.15, 0.2) is 18.2 Å². The van der Waals surface area contributed by atoms with Gasteiger partial charge in [0, 0.05) is 12.2 Å². The van der Waals surface area contributed by atoms with Crippen molar-refractivity contribution in [2.45, 2.75) is 52.7 Å². The molecule has 1 aromatic rings. The lowest BCUT2D eigenvalue weighted by molar-refractivity contribution is -0.121. The van der Waals surface area contributed by atoms with Crippen LogP contribution in [-0.4, -0.2) is 41.1 Å². The summed E-state index contributed by atoms with van der Waals surface area (Å²) in [6.07, 6.45) is 1.77. The number of nitrogens with zero attached hydrogens (tertiary/aromatic N) is 1. The number of hydrogen-bond donors (Lipinski definition) is 2. The van der Waals surface area contributed by atoms with E-state index >= 15 is 0 Å². The molecular weight excluding hydrogens is 276 g/mol. The van der Waals surface area contributed by atoms with Crippen LogP contribution in [0.2, 0.25) is 0 Å². The van der Waals surface area contributed by atoms with Crippen molar-refractivity contribution in [2.24, 2.45) is 5.92 Å². The lowest BCUT2D eigenvalue weighted by Gasteiger charge is -2.37. The van der Waals surface area contributed by atoms with Crippen LogP contribution in [0.1, 0.15) is 37.8 Å². The highest BCUT2D eigenvalue weighted by molar-refractivity contribution is 5.94. The number of anilines is 1. The molecule has 22 heavy (non-hydrogen) atoms. The molecule has 0 aliphatic carbocycles. The Bertz CT molecular complexity index is 528. The third kappa shape index (κ3) is 4.08. The van der Waals surface area contributed by atoms with E-state index in [1.807, 2.05) is 39.0 Å². The van der Waals surface area contributed by atoms with Crippen LogP contribution in [-0.2, 0) is 4.79 Å². The molecule has 0 spiro atoms. The molecule has 4 nitrogen and oxygen atoms in total. The number of aliphatic hydroxyl groups is 1. The van der Waals surface area contributed by atoms with E-state index in [1.54, 1.807) is 0 Å². The first-order valence-electron chi connectivity index (χ1n) is 8.18. The van der Waals surface area contributed by atoms with Crippen molar-refractivity contribution in [3.8, 4) is 0 Å². The van der Waals surface area contributed by atoms with Gasteiger partial charge in [-0.3, -0.25) is 9.69 Å². The number of carbonyl (C=O) groups excluding carboxylic acids is 1. The van der Waals surface area contributed by atoms with E-state index in [-0.39, 0.29) is 24.0 Å². The fourth-order valence-corrected chi connectivity index (χ4v) is 3.02. The summed E-state index contributed by atoms with van der Waals surface area (Å²) < 4.78 is 0. The van der Waals surface area contributed by atoms with Crippen molar-refractivity contribution in [1.29, 1.82) is 0 Å². The highest BCUT2D eigenvalue weighted by atomic mass is 16.3. The molecule has 1 saturated heterocycles. The Labute approximate surface area is 133 Å².